The van der Waals surface area contributed by atoms with Crippen LogP contribution in [-0.4, -0.2) is 170 Å². The number of phenols is 2. The minimum absolute atomic E-state index is 0.0103. The number of benzene rings is 9. The zero-order chi connectivity index (χ0) is 85.1. The molecule has 608 valence electrons. The Morgan fingerprint density at radius 3 is 1.24 bits per heavy atom. The Labute approximate surface area is 640 Å². The lowest BCUT2D eigenvalue weighted by Gasteiger charge is -2.15. The third-order valence-corrected chi connectivity index (χ3v) is 23.9. The summed E-state index contributed by atoms with van der Waals surface area (Å²) < 4.78 is 360. The van der Waals surface area contributed by atoms with Crippen LogP contribution in [-0.2, 0) is 101 Å². The molecule has 0 bridgehead atoms. The third kappa shape index (κ3) is 20.2. The molecular formula is C56H48N12O36S10. The molecule has 0 heterocycles. The van der Waals surface area contributed by atoms with Crippen molar-refractivity contribution in [3.05, 3.63) is 118 Å². The van der Waals surface area contributed by atoms with Crippen LogP contribution in [0.25, 0.3) is 32.3 Å². The number of nitrogens with zero attached hydrogens (tertiary/aromatic N) is 11. The van der Waals surface area contributed by atoms with E-state index in [1.807, 2.05) is 0 Å². The molecule has 0 saturated heterocycles. The van der Waals surface area contributed by atoms with Gasteiger partial charge < -0.3 is 25.4 Å². The highest BCUT2D eigenvalue weighted by atomic mass is 32.3. The molecule has 14 N–H and O–H groups in total. The van der Waals surface area contributed by atoms with Crippen LogP contribution in [0.4, 0.5) is 68.2 Å². The number of fused-ring (bicyclic) bond motifs is 3. The smallest absolute Gasteiger partial charge is 0.298 e. The number of phenolic OH excluding ortho intramolecular Hbond substituents is 2. The summed E-state index contributed by atoms with van der Waals surface area (Å²) in [6.07, 6.45) is -0.884. The average molecular weight is 1790 g/mol. The van der Waals surface area contributed by atoms with Crippen LogP contribution in [0.3, 0.4) is 0 Å². The molecule has 0 atom stereocenters. The van der Waals surface area contributed by atoms with Crippen molar-refractivity contribution in [1.29, 1.82) is 0 Å². The Hall–Kier alpha value is -10.7. The van der Waals surface area contributed by atoms with E-state index in [4.69, 9.17) is 15.2 Å². The van der Waals surface area contributed by atoms with Gasteiger partial charge in [-0.2, -0.15) is 94.4 Å². The van der Waals surface area contributed by atoms with E-state index in [0.29, 0.717) is 48.5 Å². The van der Waals surface area contributed by atoms with Crippen LogP contribution in [0.1, 0.15) is 24.0 Å². The molecule has 0 fully saturated rings. The van der Waals surface area contributed by atoms with Crippen molar-refractivity contribution >= 4 is 202 Å². The van der Waals surface area contributed by atoms with E-state index in [2.05, 4.69) is 51.1 Å². The molecule has 0 aliphatic rings. The van der Waals surface area contributed by atoms with E-state index in [0.717, 1.165) is 24.3 Å². The number of aromatic hydroxyl groups is 2. The Morgan fingerprint density at radius 2 is 0.781 bits per heavy atom. The summed E-state index contributed by atoms with van der Waals surface area (Å²) in [5.74, 6) is -5.60. The average Bonchev–Trinajstić information content (AvgIpc) is 0.736. The lowest BCUT2D eigenvalue weighted by Crippen LogP contribution is -2.08. The number of ether oxygens (including phenoxy) is 2. The number of aryl methyl sites for hydroxylation is 2. The van der Waals surface area contributed by atoms with Crippen molar-refractivity contribution in [2.75, 3.05) is 30.5 Å². The maximum atomic E-state index is 13.4. The number of azo groups is 5. The topological polar surface area (TPSA) is 795 Å². The van der Waals surface area contributed by atoms with E-state index in [1.54, 1.807) is 0 Å². The van der Waals surface area contributed by atoms with Crippen molar-refractivity contribution in [2.24, 2.45) is 51.1 Å². The van der Waals surface area contributed by atoms with Crippen LogP contribution >= 0.6 is 0 Å². The van der Waals surface area contributed by atoms with Crippen LogP contribution < -0.4 is 15.2 Å². The molecule has 0 aromatic heterocycles. The number of rotatable bonds is 29. The second-order valence-electron chi connectivity index (χ2n) is 23.2. The molecule has 9 rings (SSSR count). The predicted molar refractivity (Wildman–Crippen MR) is 387 cm³/mol. The molecule has 114 heavy (non-hydrogen) atoms. The minimum Gasteiger partial charge on any atom is -0.505 e. The first-order chi connectivity index (χ1) is 52.2. The standard InChI is InChI=1S/C56H48N12O36S10/c1-25-13-38(43(103-9-3-11-105(73,74)75)23-37(25)61-64-40-17-29(108(82,83)84)15-27-16-30(109(85,86)87)19-46(49(27)40)111(91,92)93)62-60-36-22-44(104-10-4-12-106(76,77)78)39(14-26(36)2)63-66-52-47(112(94,95)96)20-32-31(54(52)69)6-8-35(56(32)114(100,101)102)59-65-41-24-45(110(88,89)90)33-21-48(113(97,98)99)53(55(70)50(33)51(41)57)67-58-34-7-5-28(107(79,80)81)18-42(34)68(71)72/h5-8,13-24,69-70H,3-4,9-12,57H2,1-2H3,(H,73,74,75)(H,76,77,78)(H,79,80,81)(H,82,83,84)(H,85,86,87)(H,88,89,90)(H,91,92,93)(H,94,95,96)(H,97,98,99)(H,100,101,102). The normalized spacial score (nSPS) is 13.5. The minimum atomic E-state index is -5.86. The summed E-state index contributed by atoms with van der Waals surface area (Å²) in [6, 6.07) is 9.92. The second kappa shape index (κ2) is 31.6. The van der Waals surface area contributed by atoms with Gasteiger partial charge in [0, 0.05) is 39.7 Å². The van der Waals surface area contributed by atoms with Crippen molar-refractivity contribution < 1.29 is 154 Å². The van der Waals surface area contributed by atoms with Gasteiger partial charge in [-0.3, -0.25) is 55.6 Å². The molecule has 0 aliphatic carbocycles. The van der Waals surface area contributed by atoms with Crippen molar-refractivity contribution in [1.82, 2.24) is 0 Å². The molecule has 0 unspecified atom stereocenters. The zero-order valence-electron chi connectivity index (χ0n) is 56.2. The number of hydrogen-bond donors (Lipinski definition) is 13. The van der Waals surface area contributed by atoms with E-state index >= 15 is 0 Å². The van der Waals surface area contributed by atoms with Gasteiger partial charge in [0.15, 0.2) is 17.2 Å². The van der Waals surface area contributed by atoms with Crippen molar-refractivity contribution in [3.8, 4) is 23.0 Å². The largest absolute Gasteiger partial charge is 0.505 e. The van der Waals surface area contributed by atoms with Crippen molar-refractivity contribution in [3.63, 3.8) is 0 Å². The fourth-order valence-electron chi connectivity index (χ4n) is 10.3. The molecule has 0 aliphatic heterocycles. The number of nitrogens with two attached hydrogens (primary N) is 1. The molecule has 0 radical (unpaired) electrons. The zero-order valence-corrected chi connectivity index (χ0v) is 64.4. The van der Waals surface area contributed by atoms with E-state index < -0.39 is 284 Å². The molecule has 0 saturated carbocycles. The van der Waals surface area contributed by atoms with Crippen LogP contribution in [0.15, 0.2) is 187 Å². The summed E-state index contributed by atoms with van der Waals surface area (Å²) in [7, 11) is -53.5. The highest BCUT2D eigenvalue weighted by molar-refractivity contribution is 7.88. The first-order valence-corrected chi connectivity index (χ1v) is 44.7. The van der Waals surface area contributed by atoms with Gasteiger partial charge in [-0.15, -0.1) is 40.9 Å². The fourth-order valence-corrected chi connectivity index (χ4v) is 16.5. The number of hydrogen-bond acceptors (Lipinski definition) is 37. The molecule has 9 aromatic carbocycles. The van der Waals surface area contributed by atoms with Gasteiger partial charge in [-0.05, 0) is 122 Å². The molecule has 9 aromatic rings. The van der Waals surface area contributed by atoms with Gasteiger partial charge in [0.2, 0.25) is 0 Å². The fraction of sp³-hybridized carbons (Fsp3) is 0.143. The SMILES string of the molecule is Cc1cc(N=Nc2c(S(=O)(=O)O)cc3c(S(=O)(=O)O)c(N=Nc4cc(S(=O)(=O)O)c5cc(S(=O)(=O)O)c(N=Nc6ccc(S(=O)(=O)O)cc6[N+](=O)[O-])c(O)c5c4N)ccc3c2O)c(OCCCS(=O)(=O)O)cc1N=Nc1cc(C)c(N=Nc2cc(S(=O)(=O)O)cc3cc(S(=O)(=O)O)cc(S(=O)(=O)O)c23)cc1OCCCS(=O)(=O)O. The Balaban J connectivity index is 1.15. The second-order valence-corrected chi connectivity index (χ2v) is 37.6. The van der Waals surface area contributed by atoms with Crippen molar-refractivity contribution in [2.45, 2.75) is 65.9 Å². The first-order valence-electron chi connectivity index (χ1n) is 29.9. The van der Waals surface area contributed by atoms with Crippen LogP contribution in [0, 0.1) is 24.0 Å². The molecular weight excluding hydrogens is 1740 g/mol. The third-order valence-electron chi connectivity index (χ3n) is 15.3. The first kappa shape index (κ1) is 87.2. The van der Waals surface area contributed by atoms with Gasteiger partial charge in [0.1, 0.15) is 75.0 Å². The number of nitro groups is 1. The monoisotopic (exact) mass is 1780 g/mol. The van der Waals surface area contributed by atoms with E-state index in [9.17, 15) is 150 Å². The van der Waals surface area contributed by atoms with E-state index in [1.165, 1.54) is 19.9 Å². The lowest BCUT2D eigenvalue weighted by molar-refractivity contribution is -0.384. The quantitative estimate of drug-likeness (QED) is 0.00517. The maximum Gasteiger partial charge on any atom is 0.298 e. The molecule has 0 amide bonds. The van der Waals surface area contributed by atoms with Gasteiger partial charge in [-0.25, -0.2) is 0 Å². The summed E-state index contributed by atoms with van der Waals surface area (Å²) in [4.78, 5) is 0.0796. The van der Waals surface area contributed by atoms with Gasteiger partial charge >= 0.3 is 0 Å². The number of nitro benzene ring substituents is 1. The number of nitrogen functional groups attached to an aromatic ring is 1. The maximum absolute atomic E-state index is 13.4. The van der Waals surface area contributed by atoms with E-state index in [-0.39, 0.29) is 52.1 Å². The molecule has 58 heteroatoms. The van der Waals surface area contributed by atoms with Crippen LogP contribution in [0.5, 0.6) is 23.0 Å². The van der Waals surface area contributed by atoms with Gasteiger partial charge in [-0.1, -0.05) is 0 Å². The predicted octanol–water partition coefficient (Wildman–Crippen LogP) is 10.0. The summed E-state index contributed by atoms with van der Waals surface area (Å²) in [5, 5.41) is 68.1. The lowest BCUT2D eigenvalue weighted by atomic mass is 10.0. The highest BCUT2D eigenvalue weighted by Crippen LogP contribution is 2.51. The molecule has 0 spiro atoms. The Kier molecular flexibility index (Phi) is 24.2. The molecule has 48 nitrogen and oxygen atoms in total. The highest BCUT2D eigenvalue weighted by Gasteiger charge is 2.33. The summed E-state index contributed by atoms with van der Waals surface area (Å²) >= 11 is 0. The Bertz CT molecular complexity index is 7070. The summed E-state index contributed by atoms with van der Waals surface area (Å²) in [6.45, 7) is 1.50. The Morgan fingerprint density at radius 1 is 0.368 bits per heavy atom. The van der Waals surface area contributed by atoms with Gasteiger partial charge in [0.05, 0.1) is 67.6 Å². The number of anilines is 1. The van der Waals surface area contributed by atoms with Crippen LogP contribution in [0.2, 0.25) is 0 Å². The van der Waals surface area contributed by atoms with Gasteiger partial charge in [0.25, 0.3) is 107 Å². The summed E-state index contributed by atoms with van der Waals surface area (Å²) in [5.41, 5.74) is -3.67.